The van der Waals surface area contributed by atoms with E-state index in [9.17, 15) is 0 Å². The molecule has 3 N–H and O–H groups in total. The Balaban J connectivity index is 2.00. The van der Waals surface area contributed by atoms with E-state index in [0.29, 0.717) is 6.54 Å². The highest BCUT2D eigenvalue weighted by molar-refractivity contribution is 5.36. The minimum absolute atomic E-state index is 0.193. The van der Waals surface area contributed by atoms with Gasteiger partial charge in [-0.2, -0.15) is 0 Å². The van der Waals surface area contributed by atoms with E-state index in [2.05, 4.69) is 18.3 Å². The lowest BCUT2D eigenvalue weighted by molar-refractivity contribution is 0.398. The number of ether oxygens (including phenoxy) is 1. The Bertz CT molecular complexity index is 367. The summed E-state index contributed by atoms with van der Waals surface area (Å²) in [7, 11) is 1.70. The van der Waals surface area contributed by atoms with Crippen LogP contribution >= 0.6 is 0 Å². The second-order valence-corrected chi connectivity index (χ2v) is 4.91. The van der Waals surface area contributed by atoms with Crippen molar-refractivity contribution in [1.82, 2.24) is 5.32 Å². The van der Waals surface area contributed by atoms with Crippen LogP contribution in [-0.2, 0) is 0 Å². The van der Waals surface area contributed by atoms with Gasteiger partial charge in [-0.05, 0) is 30.9 Å². The Hall–Kier alpha value is -1.06. The van der Waals surface area contributed by atoms with Crippen LogP contribution in [-0.4, -0.2) is 20.2 Å². The van der Waals surface area contributed by atoms with Crippen molar-refractivity contribution in [3.8, 4) is 5.75 Å². The number of rotatable bonds is 6. The molecule has 3 nitrogen and oxygen atoms in total. The van der Waals surface area contributed by atoms with Crippen LogP contribution in [0.3, 0.4) is 0 Å². The van der Waals surface area contributed by atoms with Crippen molar-refractivity contribution in [3.05, 3.63) is 29.8 Å². The zero-order valence-corrected chi connectivity index (χ0v) is 10.6. The highest BCUT2D eigenvalue weighted by Gasteiger charge is 2.32. The van der Waals surface area contributed by atoms with Crippen molar-refractivity contribution in [2.24, 2.45) is 17.6 Å². The number of nitrogens with two attached hydrogens (primary N) is 1. The summed E-state index contributed by atoms with van der Waals surface area (Å²) in [5.74, 6) is 2.62. The molecule has 3 unspecified atom stereocenters. The smallest absolute Gasteiger partial charge is 0.123 e. The Labute approximate surface area is 103 Å². The van der Waals surface area contributed by atoms with Gasteiger partial charge in [0.2, 0.25) is 0 Å². The van der Waals surface area contributed by atoms with Gasteiger partial charge in [-0.3, -0.25) is 0 Å². The van der Waals surface area contributed by atoms with E-state index < -0.39 is 0 Å². The van der Waals surface area contributed by atoms with E-state index in [1.165, 1.54) is 6.42 Å². The van der Waals surface area contributed by atoms with Gasteiger partial charge >= 0.3 is 0 Å². The van der Waals surface area contributed by atoms with Crippen molar-refractivity contribution in [2.45, 2.75) is 19.4 Å². The molecule has 0 radical (unpaired) electrons. The molecule has 1 aliphatic carbocycles. The lowest BCUT2D eigenvalue weighted by atomic mass is 10.1. The maximum atomic E-state index is 5.85. The molecule has 0 aromatic heterocycles. The first kappa shape index (κ1) is 12.4. The van der Waals surface area contributed by atoms with Crippen LogP contribution in [0.4, 0.5) is 0 Å². The number of methoxy groups -OCH3 is 1. The first-order valence-corrected chi connectivity index (χ1v) is 6.32. The molecule has 1 aromatic carbocycles. The predicted octanol–water partition coefficient (Wildman–Crippen LogP) is 1.94. The molecule has 0 spiro atoms. The fraction of sp³-hybridized carbons (Fsp3) is 0.571. The van der Waals surface area contributed by atoms with E-state index in [1.54, 1.807) is 7.11 Å². The van der Waals surface area contributed by atoms with Crippen molar-refractivity contribution in [3.63, 3.8) is 0 Å². The minimum atomic E-state index is 0.193. The lowest BCUT2D eigenvalue weighted by Gasteiger charge is -2.19. The highest BCUT2D eigenvalue weighted by Crippen LogP contribution is 2.37. The van der Waals surface area contributed by atoms with Gasteiger partial charge in [0, 0.05) is 18.2 Å². The summed E-state index contributed by atoms with van der Waals surface area (Å²) >= 11 is 0. The SMILES string of the molecule is COc1ccccc1C(CN)NCC1CC1C. The molecule has 1 fully saturated rings. The predicted molar refractivity (Wildman–Crippen MR) is 70.1 cm³/mol. The fourth-order valence-electron chi connectivity index (χ4n) is 2.25. The quantitative estimate of drug-likeness (QED) is 0.791. The van der Waals surface area contributed by atoms with Crippen LogP contribution in [0, 0.1) is 11.8 Å². The van der Waals surface area contributed by atoms with E-state index in [0.717, 1.165) is 29.7 Å². The van der Waals surface area contributed by atoms with Crippen LogP contribution in [0.15, 0.2) is 24.3 Å². The number of hydrogen-bond donors (Lipinski definition) is 2. The molecule has 3 atom stereocenters. The topological polar surface area (TPSA) is 47.3 Å². The van der Waals surface area contributed by atoms with Crippen LogP contribution < -0.4 is 15.8 Å². The normalized spacial score (nSPS) is 24.4. The fourth-order valence-corrected chi connectivity index (χ4v) is 2.25. The Kier molecular flexibility index (Phi) is 4.02. The third-order valence-electron chi connectivity index (χ3n) is 3.65. The van der Waals surface area contributed by atoms with Crippen LogP contribution in [0.2, 0.25) is 0 Å². The van der Waals surface area contributed by atoms with E-state index in [-0.39, 0.29) is 6.04 Å². The Morgan fingerprint density at radius 2 is 2.18 bits per heavy atom. The van der Waals surface area contributed by atoms with Gasteiger partial charge in [-0.25, -0.2) is 0 Å². The molecule has 1 aliphatic rings. The van der Waals surface area contributed by atoms with Crippen molar-refractivity contribution >= 4 is 0 Å². The molecule has 94 valence electrons. The summed E-state index contributed by atoms with van der Waals surface area (Å²) in [5, 5.41) is 3.55. The molecule has 0 heterocycles. The minimum Gasteiger partial charge on any atom is -0.496 e. The average molecular weight is 234 g/mol. The summed E-state index contributed by atoms with van der Waals surface area (Å²) < 4.78 is 5.38. The summed E-state index contributed by atoms with van der Waals surface area (Å²) in [6.45, 7) is 3.95. The molecule has 0 bridgehead atoms. The van der Waals surface area contributed by atoms with Crippen molar-refractivity contribution < 1.29 is 4.74 Å². The summed E-state index contributed by atoms with van der Waals surface area (Å²) in [4.78, 5) is 0. The summed E-state index contributed by atoms with van der Waals surface area (Å²) in [6.07, 6.45) is 1.34. The first-order valence-electron chi connectivity index (χ1n) is 6.32. The van der Waals surface area contributed by atoms with Gasteiger partial charge in [-0.1, -0.05) is 25.1 Å². The molecular weight excluding hydrogens is 212 g/mol. The molecule has 17 heavy (non-hydrogen) atoms. The van der Waals surface area contributed by atoms with E-state index in [4.69, 9.17) is 10.5 Å². The van der Waals surface area contributed by atoms with Gasteiger partial charge in [0.05, 0.1) is 7.11 Å². The zero-order valence-electron chi connectivity index (χ0n) is 10.6. The molecule has 1 saturated carbocycles. The summed E-state index contributed by atoms with van der Waals surface area (Å²) in [5.41, 5.74) is 7.01. The highest BCUT2D eigenvalue weighted by atomic mass is 16.5. The Morgan fingerprint density at radius 3 is 2.76 bits per heavy atom. The number of para-hydroxylation sites is 1. The van der Waals surface area contributed by atoms with Gasteiger partial charge in [0.1, 0.15) is 5.75 Å². The second kappa shape index (κ2) is 5.52. The Morgan fingerprint density at radius 1 is 1.47 bits per heavy atom. The summed E-state index contributed by atoms with van der Waals surface area (Å²) in [6, 6.07) is 8.28. The maximum absolute atomic E-state index is 5.85. The number of benzene rings is 1. The maximum Gasteiger partial charge on any atom is 0.123 e. The second-order valence-electron chi connectivity index (χ2n) is 4.91. The third kappa shape index (κ3) is 2.99. The molecule has 0 amide bonds. The standard InChI is InChI=1S/C14H22N2O/c1-10-7-11(10)9-16-13(8-15)12-5-3-4-6-14(12)17-2/h3-6,10-11,13,16H,7-9,15H2,1-2H3. The molecule has 1 aromatic rings. The monoisotopic (exact) mass is 234 g/mol. The lowest BCUT2D eigenvalue weighted by Crippen LogP contribution is -2.30. The van der Waals surface area contributed by atoms with Crippen molar-refractivity contribution in [1.29, 1.82) is 0 Å². The molecule has 0 aliphatic heterocycles. The average Bonchev–Trinajstić information content (AvgIpc) is 3.07. The van der Waals surface area contributed by atoms with Crippen molar-refractivity contribution in [2.75, 3.05) is 20.2 Å². The van der Waals surface area contributed by atoms with Gasteiger partial charge in [-0.15, -0.1) is 0 Å². The third-order valence-corrected chi connectivity index (χ3v) is 3.65. The van der Waals surface area contributed by atoms with E-state index >= 15 is 0 Å². The molecular formula is C14H22N2O. The van der Waals surface area contributed by atoms with Gasteiger partial charge in [0.15, 0.2) is 0 Å². The largest absolute Gasteiger partial charge is 0.496 e. The first-order chi connectivity index (χ1) is 8.26. The molecule has 2 rings (SSSR count). The van der Waals surface area contributed by atoms with Crippen LogP contribution in [0.1, 0.15) is 24.9 Å². The molecule has 3 heteroatoms. The zero-order chi connectivity index (χ0) is 12.3. The van der Waals surface area contributed by atoms with E-state index in [1.807, 2.05) is 18.2 Å². The molecule has 0 saturated heterocycles. The van der Waals surface area contributed by atoms with Gasteiger partial charge < -0.3 is 15.8 Å². The number of nitrogens with one attached hydrogen (secondary N) is 1. The number of hydrogen-bond acceptors (Lipinski definition) is 3. The van der Waals surface area contributed by atoms with Crippen LogP contribution in [0.5, 0.6) is 5.75 Å². The van der Waals surface area contributed by atoms with Crippen LogP contribution in [0.25, 0.3) is 0 Å². The van der Waals surface area contributed by atoms with Gasteiger partial charge in [0.25, 0.3) is 0 Å².